The van der Waals surface area contributed by atoms with Gasteiger partial charge in [-0.05, 0) is 28.6 Å². The SMILES string of the molecule is c1cc(-c2ccc(-c3nccc4ccccc34)cc2)cc(-c2ncncn2)c1. The van der Waals surface area contributed by atoms with E-state index >= 15 is 0 Å². The summed E-state index contributed by atoms with van der Waals surface area (Å²) in [5.41, 5.74) is 5.34. The number of aromatic nitrogens is 4. The normalized spacial score (nSPS) is 10.9. The molecule has 0 spiro atoms. The predicted molar refractivity (Wildman–Crippen MR) is 111 cm³/mol. The van der Waals surface area contributed by atoms with Crippen LogP contribution in [0.1, 0.15) is 0 Å². The highest BCUT2D eigenvalue weighted by Crippen LogP contribution is 2.29. The van der Waals surface area contributed by atoms with Gasteiger partial charge in [0.25, 0.3) is 0 Å². The van der Waals surface area contributed by atoms with Crippen molar-refractivity contribution in [1.29, 1.82) is 0 Å². The van der Waals surface area contributed by atoms with E-state index in [-0.39, 0.29) is 0 Å². The minimum Gasteiger partial charge on any atom is -0.256 e. The number of rotatable bonds is 3. The third-order valence-corrected chi connectivity index (χ3v) is 4.78. The molecular weight excluding hydrogens is 344 g/mol. The lowest BCUT2D eigenvalue weighted by Gasteiger charge is -2.08. The number of benzene rings is 3. The molecule has 0 amide bonds. The largest absolute Gasteiger partial charge is 0.256 e. The minimum absolute atomic E-state index is 0.674. The lowest BCUT2D eigenvalue weighted by atomic mass is 9.99. The first kappa shape index (κ1) is 16.3. The Morgan fingerprint density at radius 1 is 0.536 bits per heavy atom. The van der Waals surface area contributed by atoms with Crippen LogP contribution in [-0.4, -0.2) is 19.9 Å². The van der Waals surface area contributed by atoms with E-state index in [0.29, 0.717) is 5.82 Å². The molecule has 0 fully saturated rings. The topological polar surface area (TPSA) is 51.6 Å². The molecule has 0 saturated carbocycles. The Morgan fingerprint density at radius 2 is 1.29 bits per heavy atom. The van der Waals surface area contributed by atoms with E-state index in [1.54, 1.807) is 0 Å². The van der Waals surface area contributed by atoms with E-state index in [2.05, 4.69) is 80.6 Å². The second-order valence-corrected chi connectivity index (χ2v) is 6.50. The maximum atomic E-state index is 4.61. The maximum absolute atomic E-state index is 4.61. The number of hydrogen-bond acceptors (Lipinski definition) is 4. The van der Waals surface area contributed by atoms with Gasteiger partial charge in [0.2, 0.25) is 0 Å². The Labute approximate surface area is 162 Å². The van der Waals surface area contributed by atoms with Crippen molar-refractivity contribution in [2.75, 3.05) is 0 Å². The lowest BCUT2D eigenvalue weighted by molar-refractivity contribution is 1.06. The van der Waals surface area contributed by atoms with Gasteiger partial charge in [0.1, 0.15) is 12.7 Å². The van der Waals surface area contributed by atoms with Gasteiger partial charge in [0.15, 0.2) is 5.82 Å². The van der Waals surface area contributed by atoms with Gasteiger partial charge in [0.05, 0.1) is 5.69 Å². The minimum atomic E-state index is 0.674. The Kier molecular flexibility index (Phi) is 4.07. The summed E-state index contributed by atoms with van der Waals surface area (Å²) in [5.74, 6) is 0.674. The molecule has 0 atom stereocenters. The molecule has 4 heteroatoms. The van der Waals surface area contributed by atoms with E-state index in [1.165, 1.54) is 18.0 Å². The van der Waals surface area contributed by atoms with Crippen LogP contribution in [0.2, 0.25) is 0 Å². The summed E-state index contributed by atoms with van der Waals surface area (Å²) in [7, 11) is 0. The second-order valence-electron chi connectivity index (χ2n) is 6.50. The summed E-state index contributed by atoms with van der Waals surface area (Å²) < 4.78 is 0. The van der Waals surface area contributed by atoms with Crippen molar-refractivity contribution in [2.45, 2.75) is 0 Å². The van der Waals surface area contributed by atoms with Crippen LogP contribution in [0, 0.1) is 0 Å². The third-order valence-electron chi connectivity index (χ3n) is 4.78. The Balaban J connectivity index is 1.52. The average Bonchev–Trinajstić information content (AvgIpc) is 2.79. The van der Waals surface area contributed by atoms with E-state index in [0.717, 1.165) is 33.3 Å². The zero-order valence-electron chi connectivity index (χ0n) is 15.0. The molecule has 2 aromatic heterocycles. The van der Waals surface area contributed by atoms with Gasteiger partial charge in [-0.15, -0.1) is 0 Å². The molecule has 0 unspecified atom stereocenters. The van der Waals surface area contributed by atoms with Crippen LogP contribution in [0.5, 0.6) is 0 Å². The van der Waals surface area contributed by atoms with Gasteiger partial charge in [-0.25, -0.2) is 15.0 Å². The highest BCUT2D eigenvalue weighted by atomic mass is 15.0. The first-order valence-corrected chi connectivity index (χ1v) is 9.05. The number of fused-ring (bicyclic) bond motifs is 1. The van der Waals surface area contributed by atoms with Crippen LogP contribution in [0.15, 0.2) is 97.7 Å². The molecule has 0 aliphatic heterocycles. The molecule has 132 valence electrons. The molecule has 0 saturated heterocycles. The molecule has 0 aliphatic carbocycles. The van der Waals surface area contributed by atoms with Gasteiger partial charge in [0, 0.05) is 22.7 Å². The zero-order valence-corrected chi connectivity index (χ0v) is 15.0. The molecule has 0 bridgehead atoms. The van der Waals surface area contributed by atoms with E-state index in [4.69, 9.17) is 0 Å². The molecule has 3 aromatic carbocycles. The highest BCUT2D eigenvalue weighted by Gasteiger charge is 2.07. The summed E-state index contributed by atoms with van der Waals surface area (Å²) in [6, 6.07) is 27.1. The van der Waals surface area contributed by atoms with Crippen LogP contribution in [0.3, 0.4) is 0 Å². The molecule has 4 nitrogen and oxygen atoms in total. The number of pyridine rings is 1. The van der Waals surface area contributed by atoms with Crippen molar-refractivity contribution >= 4 is 10.8 Å². The molecule has 0 aliphatic rings. The summed E-state index contributed by atoms with van der Waals surface area (Å²) in [5, 5.41) is 2.36. The van der Waals surface area contributed by atoms with E-state index in [1.807, 2.05) is 24.4 Å². The van der Waals surface area contributed by atoms with Gasteiger partial charge < -0.3 is 0 Å². The summed E-state index contributed by atoms with van der Waals surface area (Å²) >= 11 is 0. The first-order chi connectivity index (χ1) is 13.9. The Hall–Kier alpha value is -3.92. The standard InChI is InChI=1S/C24H16N4/c1-2-7-22-18(4-1)12-13-26-23(22)19-10-8-17(9-11-19)20-5-3-6-21(14-20)24-27-15-25-16-28-24/h1-16H. The third kappa shape index (κ3) is 3.01. The second kappa shape index (κ2) is 7.00. The van der Waals surface area contributed by atoms with Gasteiger partial charge in [-0.3, -0.25) is 4.98 Å². The average molecular weight is 360 g/mol. The molecule has 0 N–H and O–H groups in total. The van der Waals surface area contributed by atoms with Gasteiger partial charge >= 0.3 is 0 Å². The molecular formula is C24H16N4. The molecule has 5 rings (SSSR count). The fourth-order valence-corrected chi connectivity index (χ4v) is 3.40. The van der Waals surface area contributed by atoms with Crippen LogP contribution >= 0.6 is 0 Å². The maximum Gasteiger partial charge on any atom is 0.162 e. The van der Waals surface area contributed by atoms with Crippen LogP contribution in [0.4, 0.5) is 0 Å². The molecule has 0 radical (unpaired) electrons. The smallest absolute Gasteiger partial charge is 0.162 e. The van der Waals surface area contributed by atoms with Crippen LogP contribution < -0.4 is 0 Å². The van der Waals surface area contributed by atoms with Crippen molar-refractivity contribution < 1.29 is 0 Å². The molecule has 5 aromatic rings. The predicted octanol–water partition coefficient (Wildman–Crippen LogP) is 5.42. The zero-order chi connectivity index (χ0) is 18.8. The van der Waals surface area contributed by atoms with Crippen LogP contribution in [-0.2, 0) is 0 Å². The van der Waals surface area contributed by atoms with Crippen molar-refractivity contribution in [3.63, 3.8) is 0 Å². The monoisotopic (exact) mass is 360 g/mol. The van der Waals surface area contributed by atoms with E-state index < -0.39 is 0 Å². The van der Waals surface area contributed by atoms with Gasteiger partial charge in [-0.1, -0.05) is 66.7 Å². The number of hydrogen-bond donors (Lipinski definition) is 0. The van der Waals surface area contributed by atoms with E-state index in [9.17, 15) is 0 Å². The Morgan fingerprint density at radius 3 is 2.14 bits per heavy atom. The van der Waals surface area contributed by atoms with Gasteiger partial charge in [-0.2, -0.15) is 0 Å². The molecule has 2 heterocycles. The first-order valence-electron chi connectivity index (χ1n) is 9.05. The van der Waals surface area contributed by atoms with Crippen molar-refractivity contribution in [2.24, 2.45) is 0 Å². The van der Waals surface area contributed by atoms with Crippen molar-refractivity contribution in [1.82, 2.24) is 19.9 Å². The highest BCUT2D eigenvalue weighted by molar-refractivity contribution is 5.94. The summed E-state index contributed by atoms with van der Waals surface area (Å²) in [6.45, 7) is 0. The fraction of sp³-hybridized carbons (Fsp3) is 0. The summed E-state index contributed by atoms with van der Waals surface area (Å²) in [4.78, 5) is 17.0. The quantitative estimate of drug-likeness (QED) is 0.431. The van der Waals surface area contributed by atoms with Crippen molar-refractivity contribution in [3.8, 4) is 33.8 Å². The molecule has 28 heavy (non-hydrogen) atoms. The lowest BCUT2D eigenvalue weighted by Crippen LogP contribution is -1.89. The number of nitrogens with zero attached hydrogens (tertiary/aromatic N) is 4. The summed E-state index contributed by atoms with van der Waals surface area (Å²) in [6.07, 6.45) is 4.89. The Bertz CT molecular complexity index is 1240. The van der Waals surface area contributed by atoms with Crippen LogP contribution in [0.25, 0.3) is 44.5 Å². The fourth-order valence-electron chi connectivity index (χ4n) is 3.40. The van der Waals surface area contributed by atoms with Crippen molar-refractivity contribution in [3.05, 3.63) is 97.7 Å².